The van der Waals surface area contributed by atoms with Crippen LogP contribution in [0, 0.1) is 0 Å². The van der Waals surface area contributed by atoms with Crippen molar-refractivity contribution in [3.05, 3.63) is 0 Å². The molecule has 0 saturated carbocycles. The average molecular weight is 282 g/mol. The van der Waals surface area contributed by atoms with Gasteiger partial charge in [-0.1, -0.05) is 39.0 Å². The van der Waals surface area contributed by atoms with Crippen LogP contribution in [0.25, 0.3) is 0 Å². The fraction of sp³-hybridized carbons (Fsp3) is 0.909. The molecule has 1 N–H and O–H groups in total. The fourth-order valence-corrected chi connectivity index (χ4v) is 1.84. The summed E-state index contributed by atoms with van der Waals surface area (Å²) in [6.07, 6.45) is 5.06. The number of rotatable bonds is 10. The molecule has 0 aliphatic rings. The maximum atomic E-state index is 11.2. The van der Waals surface area contributed by atoms with Gasteiger partial charge in [0.25, 0.3) is 0 Å². The van der Waals surface area contributed by atoms with Crippen LogP contribution < -0.4 is 0 Å². The fourth-order valence-electron chi connectivity index (χ4n) is 1.39. The van der Waals surface area contributed by atoms with Gasteiger partial charge in [-0.25, -0.2) is 8.98 Å². The molecule has 0 saturated heterocycles. The number of carbonyl (C=O) groups is 1. The molecule has 0 bridgehead atoms. The van der Waals surface area contributed by atoms with Crippen LogP contribution in [-0.4, -0.2) is 31.7 Å². The van der Waals surface area contributed by atoms with E-state index >= 15 is 0 Å². The first-order valence-corrected chi connectivity index (χ1v) is 7.55. The first-order chi connectivity index (χ1) is 8.37. The van der Waals surface area contributed by atoms with E-state index in [2.05, 4.69) is 11.1 Å². The normalized spacial score (nSPS) is 13.3. The van der Waals surface area contributed by atoms with Crippen LogP contribution >= 0.6 is 0 Å². The van der Waals surface area contributed by atoms with Crippen LogP contribution in [0.15, 0.2) is 0 Å². The molecule has 0 fully saturated rings. The van der Waals surface area contributed by atoms with Crippen molar-refractivity contribution in [3.63, 3.8) is 0 Å². The van der Waals surface area contributed by atoms with E-state index < -0.39 is 22.5 Å². The van der Waals surface area contributed by atoms with E-state index in [0.717, 1.165) is 19.3 Å². The van der Waals surface area contributed by atoms with E-state index in [1.165, 1.54) is 26.2 Å². The van der Waals surface area contributed by atoms with E-state index in [4.69, 9.17) is 9.29 Å². The predicted molar refractivity (Wildman–Crippen MR) is 66.4 cm³/mol. The lowest BCUT2D eigenvalue weighted by atomic mass is 10.1. The molecule has 7 heteroatoms. The van der Waals surface area contributed by atoms with Crippen molar-refractivity contribution >= 4 is 16.4 Å². The zero-order chi connectivity index (χ0) is 14.0. The summed E-state index contributed by atoms with van der Waals surface area (Å²) < 4.78 is 37.9. The number of hydrogen-bond acceptors (Lipinski definition) is 5. The van der Waals surface area contributed by atoms with Gasteiger partial charge in [-0.2, -0.15) is 8.42 Å². The van der Waals surface area contributed by atoms with Gasteiger partial charge >= 0.3 is 16.4 Å². The molecule has 108 valence electrons. The van der Waals surface area contributed by atoms with Crippen LogP contribution in [-0.2, 0) is 24.1 Å². The van der Waals surface area contributed by atoms with Crippen molar-refractivity contribution in [2.24, 2.45) is 0 Å². The molecule has 0 amide bonds. The van der Waals surface area contributed by atoms with Crippen molar-refractivity contribution in [1.82, 2.24) is 0 Å². The van der Waals surface area contributed by atoms with E-state index in [9.17, 15) is 13.2 Å². The van der Waals surface area contributed by atoms with Gasteiger partial charge in [-0.3, -0.25) is 4.55 Å². The Labute approximate surface area is 109 Å². The molecule has 0 radical (unpaired) electrons. The highest BCUT2D eigenvalue weighted by atomic mass is 32.3. The van der Waals surface area contributed by atoms with Gasteiger partial charge in [0, 0.05) is 0 Å². The molecule has 0 aliphatic carbocycles. The van der Waals surface area contributed by atoms with Gasteiger partial charge in [-0.15, -0.1) is 0 Å². The zero-order valence-corrected chi connectivity index (χ0v) is 11.7. The summed E-state index contributed by atoms with van der Waals surface area (Å²) in [6, 6.07) is 0. The van der Waals surface area contributed by atoms with Crippen molar-refractivity contribution in [2.75, 3.05) is 6.61 Å². The second kappa shape index (κ2) is 9.29. The molecule has 0 rings (SSSR count). The van der Waals surface area contributed by atoms with Gasteiger partial charge in [0.15, 0.2) is 6.10 Å². The highest BCUT2D eigenvalue weighted by Gasteiger charge is 2.21. The lowest BCUT2D eigenvalue weighted by Crippen LogP contribution is -2.26. The summed E-state index contributed by atoms with van der Waals surface area (Å²) in [4.78, 5) is 11.2. The first-order valence-electron chi connectivity index (χ1n) is 6.19. The lowest BCUT2D eigenvalue weighted by molar-refractivity contribution is -0.151. The van der Waals surface area contributed by atoms with Crippen molar-refractivity contribution in [3.8, 4) is 0 Å². The molecule has 0 heterocycles. The Morgan fingerprint density at radius 1 is 1.17 bits per heavy atom. The highest BCUT2D eigenvalue weighted by molar-refractivity contribution is 7.80. The monoisotopic (exact) mass is 282 g/mol. The quantitative estimate of drug-likeness (QED) is 0.375. The number of ether oxygens (including phenoxy) is 1. The topological polar surface area (TPSA) is 89.9 Å². The summed E-state index contributed by atoms with van der Waals surface area (Å²) in [5.41, 5.74) is 0. The van der Waals surface area contributed by atoms with E-state index in [1.54, 1.807) is 0 Å². The van der Waals surface area contributed by atoms with E-state index in [-0.39, 0.29) is 6.61 Å². The van der Waals surface area contributed by atoms with Crippen molar-refractivity contribution in [2.45, 2.75) is 58.5 Å². The Bertz CT molecular complexity index is 324. The minimum Gasteiger partial charge on any atom is -0.464 e. The van der Waals surface area contributed by atoms with Crippen LogP contribution in [0.3, 0.4) is 0 Å². The molecule has 0 aromatic rings. The average Bonchev–Trinajstić information content (AvgIpc) is 2.25. The van der Waals surface area contributed by atoms with Gasteiger partial charge in [0.1, 0.15) is 0 Å². The predicted octanol–water partition coefficient (Wildman–Crippen LogP) is 2.10. The summed E-state index contributed by atoms with van der Waals surface area (Å²) in [6.45, 7) is 3.58. The van der Waals surface area contributed by atoms with Crippen LogP contribution in [0.4, 0.5) is 0 Å². The third kappa shape index (κ3) is 10.5. The number of unbranched alkanes of at least 4 members (excludes halogenated alkanes) is 5. The Balaban J connectivity index is 3.58. The van der Waals surface area contributed by atoms with Gasteiger partial charge in [0.2, 0.25) is 0 Å². The lowest BCUT2D eigenvalue weighted by Gasteiger charge is -2.09. The molecule has 0 spiro atoms. The van der Waals surface area contributed by atoms with Crippen molar-refractivity contribution in [1.29, 1.82) is 0 Å². The van der Waals surface area contributed by atoms with Gasteiger partial charge in [0.05, 0.1) is 6.61 Å². The maximum absolute atomic E-state index is 11.2. The number of carbonyl (C=O) groups excluding carboxylic acids is 1. The summed E-state index contributed by atoms with van der Waals surface area (Å²) in [7, 11) is -4.61. The Kier molecular flexibility index (Phi) is 8.95. The second-order valence-corrected chi connectivity index (χ2v) is 5.15. The number of esters is 1. The molecular formula is C11H22O6S. The highest BCUT2D eigenvalue weighted by Crippen LogP contribution is 2.06. The summed E-state index contributed by atoms with van der Waals surface area (Å²) in [5, 5.41) is 0. The molecule has 0 aromatic carbocycles. The number of hydrogen-bond donors (Lipinski definition) is 1. The standard InChI is InChI=1S/C11H22O6S/c1-3-4-5-6-7-8-9-16-11(12)10(2)17-18(13,14)15/h10H,3-9H2,1-2H3,(H,13,14,15)/t10-/m1/s1. The van der Waals surface area contributed by atoms with E-state index in [1.807, 2.05) is 0 Å². The van der Waals surface area contributed by atoms with Gasteiger partial charge < -0.3 is 4.74 Å². The SMILES string of the molecule is CCCCCCCCOC(=O)[C@@H](C)OS(=O)(=O)O. The molecule has 0 aliphatic heterocycles. The third-order valence-corrected chi connectivity index (χ3v) is 2.87. The van der Waals surface area contributed by atoms with Gasteiger partial charge in [-0.05, 0) is 13.3 Å². The Morgan fingerprint density at radius 2 is 1.72 bits per heavy atom. The third-order valence-electron chi connectivity index (χ3n) is 2.34. The first kappa shape index (κ1) is 17.3. The van der Waals surface area contributed by atoms with Crippen LogP contribution in [0.1, 0.15) is 52.4 Å². The van der Waals surface area contributed by atoms with E-state index in [0.29, 0.717) is 0 Å². The summed E-state index contributed by atoms with van der Waals surface area (Å²) >= 11 is 0. The molecule has 18 heavy (non-hydrogen) atoms. The molecular weight excluding hydrogens is 260 g/mol. The maximum Gasteiger partial charge on any atom is 0.398 e. The Morgan fingerprint density at radius 3 is 2.28 bits per heavy atom. The minimum atomic E-state index is -4.61. The summed E-state index contributed by atoms with van der Waals surface area (Å²) in [5.74, 6) is -0.791. The molecule has 0 unspecified atom stereocenters. The van der Waals surface area contributed by atoms with Crippen molar-refractivity contribution < 1.29 is 26.7 Å². The molecule has 6 nitrogen and oxygen atoms in total. The minimum absolute atomic E-state index is 0.240. The van der Waals surface area contributed by atoms with Crippen LogP contribution in [0.5, 0.6) is 0 Å². The van der Waals surface area contributed by atoms with Crippen LogP contribution in [0.2, 0.25) is 0 Å². The smallest absolute Gasteiger partial charge is 0.398 e. The zero-order valence-electron chi connectivity index (χ0n) is 10.9. The molecule has 0 aromatic heterocycles. The molecule has 1 atom stereocenters. The largest absolute Gasteiger partial charge is 0.464 e. The second-order valence-electron chi connectivity index (χ2n) is 4.10. The Hall–Kier alpha value is -0.660.